The van der Waals surface area contributed by atoms with E-state index in [0.717, 1.165) is 44.2 Å². The minimum absolute atomic E-state index is 0.144. The number of rotatable bonds is 11. The Balaban J connectivity index is 1.33. The summed E-state index contributed by atoms with van der Waals surface area (Å²) in [5.74, 6) is 0.334. The molecule has 37 heavy (non-hydrogen) atoms. The van der Waals surface area contributed by atoms with E-state index in [4.69, 9.17) is 9.47 Å². The van der Waals surface area contributed by atoms with Crippen LogP contribution in [0.5, 0.6) is 5.88 Å². The number of carbonyl (C=O) groups excluding carboxylic acids is 1. The summed E-state index contributed by atoms with van der Waals surface area (Å²) in [6, 6.07) is 3.56. The number of nitrogens with zero attached hydrogens (tertiary/aromatic N) is 4. The van der Waals surface area contributed by atoms with Crippen molar-refractivity contribution in [1.29, 1.82) is 0 Å². The zero-order valence-electron chi connectivity index (χ0n) is 21.4. The molecule has 1 unspecified atom stereocenters. The van der Waals surface area contributed by atoms with Crippen LogP contribution in [0.1, 0.15) is 74.5 Å². The fraction of sp³-hybridized carbons (Fsp3) is 0.556. The third-order valence-electron chi connectivity index (χ3n) is 6.99. The van der Waals surface area contributed by atoms with Crippen molar-refractivity contribution in [2.45, 2.75) is 77.0 Å². The van der Waals surface area contributed by atoms with Crippen LogP contribution in [0.4, 0.5) is 10.1 Å². The fourth-order valence-corrected chi connectivity index (χ4v) is 4.93. The van der Waals surface area contributed by atoms with Gasteiger partial charge in [0.15, 0.2) is 0 Å². The quantitative estimate of drug-likeness (QED) is 0.411. The predicted octanol–water partition coefficient (Wildman–Crippen LogP) is 4.35. The van der Waals surface area contributed by atoms with Gasteiger partial charge in [0.25, 0.3) is 11.5 Å². The standard InChI is InChI=1S/C27H34FN5O4/c1-17(2)37-25-21(24(34)30-22-8-5-12-33(26(22)35)20-9-10-20)16-32-15-19(29-27(32)31-25)11-13-36-23(14-28)18-6-3-4-7-18/h5,8,12,15-18,20,23H,3-4,6-7,9-11,13-14H2,1-2H3,(H,30,34). The highest BCUT2D eigenvalue weighted by atomic mass is 19.1. The number of alkyl halides is 1. The summed E-state index contributed by atoms with van der Waals surface area (Å²) in [5.41, 5.74) is 0.900. The summed E-state index contributed by atoms with van der Waals surface area (Å²) < 4.78 is 28.5. The molecular weight excluding hydrogens is 477 g/mol. The van der Waals surface area contributed by atoms with Crippen molar-refractivity contribution in [2.24, 2.45) is 5.92 Å². The predicted molar refractivity (Wildman–Crippen MR) is 137 cm³/mol. The van der Waals surface area contributed by atoms with E-state index < -0.39 is 12.6 Å². The smallest absolute Gasteiger partial charge is 0.274 e. The van der Waals surface area contributed by atoms with Gasteiger partial charge in [0, 0.05) is 31.1 Å². The Kier molecular flexibility index (Phi) is 7.55. The number of fused-ring (bicyclic) bond motifs is 1. The highest BCUT2D eigenvalue weighted by Crippen LogP contribution is 2.33. The Bertz CT molecular complexity index is 1310. The molecule has 0 aliphatic heterocycles. The van der Waals surface area contributed by atoms with E-state index in [1.165, 1.54) is 0 Å². The summed E-state index contributed by atoms with van der Waals surface area (Å²) in [5, 5.41) is 2.73. The first-order chi connectivity index (χ1) is 17.9. The first-order valence-electron chi connectivity index (χ1n) is 13.2. The topological polar surface area (TPSA) is 99.8 Å². The first kappa shape index (κ1) is 25.4. The van der Waals surface area contributed by atoms with Gasteiger partial charge in [-0.1, -0.05) is 12.8 Å². The Labute approximate surface area is 215 Å². The lowest BCUT2D eigenvalue weighted by atomic mass is 10.0. The van der Waals surface area contributed by atoms with Crippen molar-refractivity contribution in [3.8, 4) is 5.88 Å². The SMILES string of the molecule is CC(C)Oc1nc2nc(CCOC(CF)C3CCCC3)cn2cc1C(=O)Nc1cccn(C2CC2)c1=O. The number of hydrogen-bond acceptors (Lipinski definition) is 6. The van der Waals surface area contributed by atoms with Gasteiger partial charge in [-0.05, 0) is 57.6 Å². The first-order valence-corrected chi connectivity index (χ1v) is 13.2. The molecular formula is C27H34FN5O4. The molecule has 2 aliphatic carbocycles. The minimum atomic E-state index is -0.489. The van der Waals surface area contributed by atoms with Gasteiger partial charge in [0.1, 0.15) is 17.9 Å². The van der Waals surface area contributed by atoms with E-state index in [-0.39, 0.29) is 40.9 Å². The number of amides is 1. The molecule has 9 nitrogen and oxygen atoms in total. The molecule has 10 heteroatoms. The summed E-state index contributed by atoms with van der Waals surface area (Å²) in [6.07, 6.45) is 11.3. The molecule has 2 aliphatic rings. The molecule has 1 amide bonds. The van der Waals surface area contributed by atoms with E-state index in [2.05, 4.69) is 15.3 Å². The van der Waals surface area contributed by atoms with E-state index in [9.17, 15) is 14.0 Å². The number of halogens is 1. The maximum Gasteiger partial charge on any atom is 0.274 e. The van der Waals surface area contributed by atoms with Crippen LogP contribution in [0.3, 0.4) is 0 Å². The van der Waals surface area contributed by atoms with Crippen LogP contribution >= 0.6 is 0 Å². The lowest BCUT2D eigenvalue weighted by molar-refractivity contribution is -0.000252. The molecule has 1 N–H and O–H groups in total. The van der Waals surface area contributed by atoms with Crippen molar-refractivity contribution < 1.29 is 18.7 Å². The average Bonchev–Trinajstić information content (AvgIpc) is 3.41. The number of pyridine rings is 1. The number of imidazole rings is 1. The third-order valence-corrected chi connectivity index (χ3v) is 6.99. The molecule has 0 bridgehead atoms. The van der Waals surface area contributed by atoms with Crippen molar-refractivity contribution in [3.63, 3.8) is 0 Å². The van der Waals surface area contributed by atoms with Gasteiger partial charge in [-0.2, -0.15) is 4.98 Å². The Hall–Kier alpha value is -3.27. The van der Waals surface area contributed by atoms with E-state index >= 15 is 0 Å². The molecule has 0 aromatic carbocycles. The van der Waals surface area contributed by atoms with Gasteiger partial charge < -0.3 is 19.4 Å². The molecule has 3 aromatic rings. The average molecular weight is 512 g/mol. The Morgan fingerprint density at radius 3 is 2.68 bits per heavy atom. The summed E-state index contributed by atoms with van der Waals surface area (Å²) in [6.45, 7) is 3.58. The number of carbonyl (C=O) groups is 1. The second kappa shape index (κ2) is 11.0. The van der Waals surface area contributed by atoms with E-state index in [0.29, 0.717) is 24.7 Å². The van der Waals surface area contributed by atoms with Crippen LogP contribution in [-0.4, -0.2) is 50.3 Å². The van der Waals surface area contributed by atoms with Crippen molar-refractivity contribution in [3.05, 3.63) is 52.3 Å². The molecule has 2 fully saturated rings. The molecule has 0 saturated heterocycles. The van der Waals surface area contributed by atoms with Crippen LogP contribution in [0, 0.1) is 5.92 Å². The molecule has 1 atom stereocenters. The van der Waals surface area contributed by atoms with Crippen molar-refractivity contribution >= 4 is 17.4 Å². The van der Waals surface area contributed by atoms with Gasteiger partial charge in [-0.15, -0.1) is 0 Å². The molecule has 198 valence electrons. The number of ether oxygens (including phenoxy) is 2. The number of hydrogen-bond donors (Lipinski definition) is 1. The molecule has 2 saturated carbocycles. The fourth-order valence-electron chi connectivity index (χ4n) is 4.93. The minimum Gasteiger partial charge on any atom is -0.474 e. The maximum atomic E-state index is 13.5. The van der Waals surface area contributed by atoms with Gasteiger partial charge in [0.05, 0.1) is 24.5 Å². The lowest BCUT2D eigenvalue weighted by Crippen LogP contribution is -2.25. The molecule has 3 aromatic heterocycles. The summed E-state index contributed by atoms with van der Waals surface area (Å²) >= 11 is 0. The normalized spacial score (nSPS) is 17.0. The summed E-state index contributed by atoms with van der Waals surface area (Å²) in [7, 11) is 0. The Morgan fingerprint density at radius 1 is 1.19 bits per heavy atom. The number of aromatic nitrogens is 4. The molecule has 3 heterocycles. The lowest BCUT2D eigenvalue weighted by Gasteiger charge is -2.20. The monoisotopic (exact) mass is 511 g/mol. The zero-order valence-corrected chi connectivity index (χ0v) is 21.4. The molecule has 5 rings (SSSR count). The van der Waals surface area contributed by atoms with Crippen molar-refractivity contribution in [1.82, 2.24) is 18.9 Å². The van der Waals surface area contributed by atoms with Gasteiger partial charge >= 0.3 is 0 Å². The van der Waals surface area contributed by atoms with Crippen LogP contribution in [0.25, 0.3) is 5.78 Å². The van der Waals surface area contributed by atoms with Crippen LogP contribution in [0.2, 0.25) is 0 Å². The molecule has 0 radical (unpaired) electrons. The highest BCUT2D eigenvalue weighted by molar-refractivity contribution is 6.05. The van der Waals surface area contributed by atoms with E-state index in [1.54, 1.807) is 39.7 Å². The Morgan fingerprint density at radius 2 is 1.97 bits per heavy atom. The van der Waals surface area contributed by atoms with Crippen molar-refractivity contribution in [2.75, 3.05) is 18.6 Å². The van der Waals surface area contributed by atoms with Gasteiger partial charge in [-0.3, -0.25) is 14.0 Å². The van der Waals surface area contributed by atoms with Gasteiger partial charge in [0.2, 0.25) is 11.7 Å². The third kappa shape index (κ3) is 5.84. The van der Waals surface area contributed by atoms with Gasteiger partial charge in [-0.25, -0.2) is 9.37 Å². The molecule has 0 spiro atoms. The zero-order chi connectivity index (χ0) is 25.9. The van der Waals surface area contributed by atoms with Crippen LogP contribution in [0.15, 0.2) is 35.5 Å². The highest BCUT2D eigenvalue weighted by Gasteiger charge is 2.27. The van der Waals surface area contributed by atoms with E-state index in [1.807, 2.05) is 13.8 Å². The second-order valence-electron chi connectivity index (χ2n) is 10.2. The number of anilines is 1. The van der Waals surface area contributed by atoms with Crippen LogP contribution in [-0.2, 0) is 11.2 Å². The summed E-state index contributed by atoms with van der Waals surface area (Å²) in [4.78, 5) is 35.1. The maximum absolute atomic E-state index is 13.5. The number of nitrogens with one attached hydrogen (secondary N) is 1. The largest absolute Gasteiger partial charge is 0.474 e. The van der Waals surface area contributed by atoms with Crippen LogP contribution < -0.4 is 15.6 Å². The second-order valence-corrected chi connectivity index (χ2v) is 10.2.